The topological polar surface area (TPSA) is 32.8 Å². The highest BCUT2D eigenvalue weighted by Crippen LogP contribution is 2.23. The van der Waals surface area contributed by atoms with Crippen LogP contribution >= 0.6 is 0 Å². The van der Waals surface area contributed by atoms with Gasteiger partial charge in [-0.1, -0.05) is 25.3 Å². The van der Waals surface area contributed by atoms with Crippen LogP contribution in [-0.2, 0) is 11.3 Å². The maximum absolute atomic E-state index is 13.8. The van der Waals surface area contributed by atoms with Gasteiger partial charge in [-0.2, -0.15) is 0 Å². The van der Waals surface area contributed by atoms with Crippen molar-refractivity contribution in [3.8, 4) is 5.75 Å². The van der Waals surface area contributed by atoms with Crippen molar-refractivity contribution in [3.63, 3.8) is 0 Å². The normalized spacial score (nSPS) is 15.5. The van der Waals surface area contributed by atoms with Crippen molar-refractivity contribution in [1.29, 1.82) is 0 Å². The van der Waals surface area contributed by atoms with Crippen LogP contribution in [-0.4, -0.2) is 49.0 Å². The van der Waals surface area contributed by atoms with Crippen molar-refractivity contribution in [2.45, 2.75) is 51.6 Å². The lowest BCUT2D eigenvalue weighted by Gasteiger charge is -2.34. The van der Waals surface area contributed by atoms with E-state index in [1.54, 1.807) is 6.07 Å². The van der Waals surface area contributed by atoms with Crippen LogP contribution in [0.25, 0.3) is 0 Å². The number of hydrogen-bond acceptors (Lipinski definition) is 3. The molecule has 1 aromatic carbocycles. The van der Waals surface area contributed by atoms with Crippen LogP contribution in [0, 0.1) is 5.82 Å². The lowest BCUT2D eigenvalue weighted by atomic mass is 9.94. The molecule has 1 saturated carbocycles. The second-order valence-electron chi connectivity index (χ2n) is 6.61. The van der Waals surface area contributed by atoms with E-state index in [4.69, 9.17) is 4.74 Å². The lowest BCUT2D eigenvalue weighted by molar-refractivity contribution is -0.135. The number of amides is 1. The number of methoxy groups -OCH3 is 1. The van der Waals surface area contributed by atoms with E-state index in [-0.39, 0.29) is 17.5 Å². The van der Waals surface area contributed by atoms with Gasteiger partial charge in [0.15, 0.2) is 11.6 Å². The number of carbonyl (C=O) groups excluding carboxylic acids is 1. The van der Waals surface area contributed by atoms with E-state index in [9.17, 15) is 9.18 Å². The van der Waals surface area contributed by atoms with Crippen LogP contribution in [0.4, 0.5) is 4.39 Å². The molecule has 0 saturated heterocycles. The molecule has 1 fully saturated rings. The van der Waals surface area contributed by atoms with E-state index in [1.807, 2.05) is 29.8 Å². The summed E-state index contributed by atoms with van der Waals surface area (Å²) in [4.78, 5) is 16.6. The second kappa shape index (κ2) is 9.02. The third kappa shape index (κ3) is 4.94. The third-order valence-corrected chi connectivity index (χ3v) is 4.75. The number of nitrogens with zero attached hydrogens (tertiary/aromatic N) is 2. The van der Waals surface area contributed by atoms with E-state index in [0.29, 0.717) is 19.1 Å². The first-order valence-electron chi connectivity index (χ1n) is 8.85. The van der Waals surface area contributed by atoms with Gasteiger partial charge in [-0.3, -0.25) is 9.69 Å². The Morgan fingerprint density at radius 3 is 2.58 bits per heavy atom. The molecule has 0 radical (unpaired) electrons. The molecule has 0 aromatic heterocycles. The van der Waals surface area contributed by atoms with Gasteiger partial charge in [0.2, 0.25) is 5.91 Å². The zero-order valence-corrected chi connectivity index (χ0v) is 15.1. The molecule has 1 aliphatic rings. The Morgan fingerprint density at radius 1 is 1.29 bits per heavy atom. The molecule has 2 rings (SSSR count). The fraction of sp³-hybridized carbons (Fsp3) is 0.632. The predicted octanol–water partition coefficient (Wildman–Crippen LogP) is 3.45. The number of likely N-dealkylation sites (N-methyl/N-ethyl adjacent to an activating group) is 2. The Morgan fingerprint density at radius 2 is 2.00 bits per heavy atom. The summed E-state index contributed by atoms with van der Waals surface area (Å²) in [5, 5.41) is 0. The monoisotopic (exact) mass is 336 g/mol. The van der Waals surface area contributed by atoms with E-state index >= 15 is 0 Å². The molecule has 0 unspecified atom stereocenters. The zero-order valence-electron chi connectivity index (χ0n) is 15.1. The summed E-state index contributed by atoms with van der Waals surface area (Å²) in [5.74, 6) is 0.0416. The van der Waals surface area contributed by atoms with Gasteiger partial charge in [0, 0.05) is 19.1 Å². The standard InChI is InChI=1S/C19H29FN2O2/c1-4-22(16-8-6-5-7-9-16)19(23)14-21(2)13-15-10-11-18(24-3)17(20)12-15/h10-12,16H,4-9,13-14H2,1-3H3. The number of benzene rings is 1. The van der Waals surface area contributed by atoms with Gasteiger partial charge < -0.3 is 9.64 Å². The van der Waals surface area contributed by atoms with Crippen molar-refractivity contribution in [3.05, 3.63) is 29.6 Å². The maximum Gasteiger partial charge on any atom is 0.236 e. The third-order valence-electron chi connectivity index (χ3n) is 4.75. The molecule has 0 aliphatic heterocycles. The highest BCUT2D eigenvalue weighted by Gasteiger charge is 2.24. The molecular formula is C19H29FN2O2. The number of hydrogen-bond donors (Lipinski definition) is 0. The largest absolute Gasteiger partial charge is 0.494 e. The molecule has 134 valence electrons. The van der Waals surface area contributed by atoms with E-state index in [1.165, 1.54) is 32.4 Å². The molecule has 0 heterocycles. The van der Waals surface area contributed by atoms with Gasteiger partial charge in [-0.25, -0.2) is 4.39 Å². The van der Waals surface area contributed by atoms with Crippen molar-refractivity contribution < 1.29 is 13.9 Å². The first-order valence-corrected chi connectivity index (χ1v) is 8.85. The summed E-state index contributed by atoms with van der Waals surface area (Å²) >= 11 is 0. The molecule has 4 nitrogen and oxygen atoms in total. The molecule has 5 heteroatoms. The van der Waals surface area contributed by atoms with Crippen molar-refractivity contribution in [2.24, 2.45) is 0 Å². The Labute approximate surface area is 144 Å². The number of rotatable bonds is 7. The SMILES string of the molecule is CCN(C(=O)CN(C)Cc1ccc(OC)c(F)c1)C1CCCCC1. The number of ether oxygens (including phenoxy) is 1. The zero-order chi connectivity index (χ0) is 17.5. The molecule has 1 aromatic rings. The molecule has 0 atom stereocenters. The van der Waals surface area contributed by atoms with Crippen molar-refractivity contribution in [1.82, 2.24) is 9.80 Å². The van der Waals surface area contributed by atoms with Crippen molar-refractivity contribution >= 4 is 5.91 Å². The number of halogens is 1. The smallest absolute Gasteiger partial charge is 0.236 e. The van der Waals surface area contributed by atoms with Crippen LogP contribution < -0.4 is 4.74 Å². The van der Waals surface area contributed by atoms with Gasteiger partial charge in [-0.15, -0.1) is 0 Å². The first kappa shape index (κ1) is 18.7. The first-order chi connectivity index (χ1) is 11.5. The van der Waals surface area contributed by atoms with E-state index in [2.05, 4.69) is 0 Å². The molecule has 1 aliphatic carbocycles. The maximum atomic E-state index is 13.8. The van der Waals surface area contributed by atoms with Crippen LogP contribution in [0.2, 0.25) is 0 Å². The van der Waals surface area contributed by atoms with Gasteiger partial charge in [0.1, 0.15) is 0 Å². The Hall–Kier alpha value is -1.62. The molecule has 24 heavy (non-hydrogen) atoms. The quantitative estimate of drug-likeness (QED) is 0.764. The molecule has 0 bridgehead atoms. The predicted molar refractivity (Wildman–Crippen MR) is 93.5 cm³/mol. The van der Waals surface area contributed by atoms with Gasteiger partial charge >= 0.3 is 0 Å². The van der Waals surface area contributed by atoms with Crippen LogP contribution in [0.5, 0.6) is 5.75 Å². The lowest BCUT2D eigenvalue weighted by Crippen LogP contribution is -2.45. The average Bonchev–Trinajstić information content (AvgIpc) is 2.56. The molecular weight excluding hydrogens is 307 g/mol. The molecule has 0 spiro atoms. The summed E-state index contributed by atoms with van der Waals surface area (Å²) in [6, 6.07) is 5.32. The summed E-state index contributed by atoms with van der Waals surface area (Å²) in [6.45, 7) is 3.70. The van der Waals surface area contributed by atoms with Gasteiger partial charge in [0.05, 0.1) is 13.7 Å². The van der Waals surface area contributed by atoms with Crippen molar-refractivity contribution in [2.75, 3.05) is 27.2 Å². The Balaban J connectivity index is 1.91. The van der Waals surface area contributed by atoms with E-state index < -0.39 is 0 Å². The van der Waals surface area contributed by atoms with Crippen LogP contribution in [0.3, 0.4) is 0 Å². The summed E-state index contributed by atoms with van der Waals surface area (Å²) in [7, 11) is 3.35. The Kier molecular flexibility index (Phi) is 7.03. The number of carbonyl (C=O) groups is 1. The molecule has 0 N–H and O–H groups in total. The minimum absolute atomic E-state index is 0.167. The fourth-order valence-corrected chi connectivity index (χ4v) is 3.53. The summed E-state index contributed by atoms with van der Waals surface area (Å²) < 4.78 is 18.7. The van der Waals surface area contributed by atoms with Crippen LogP contribution in [0.1, 0.15) is 44.6 Å². The summed E-state index contributed by atoms with van der Waals surface area (Å²) in [5.41, 5.74) is 0.837. The summed E-state index contributed by atoms with van der Waals surface area (Å²) in [6.07, 6.45) is 5.95. The van der Waals surface area contributed by atoms with Gasteiger partial charge in [0.25, 0.3) is 0 Å². The van der Waals surface area contributed by atoms with Crippen LogP contribution in [0.15, 0.2) is 18.2 Å². The minimum Gasteiger partial charge on any atom is -0.494 e. The Bertz CT molecular complexity index is 544. The van der Waals surface area contributed by atoms with E-state index in [0.717, 1.165) is 24.9 Å². The highest BCUT2D eigenvalue weighted by atomic mass is 19.1. The van der Waals surface area contributed by atoms with Gasteiger partial charge in [-0.05, 0) is 44.5 Å². The minimum atomic E-state index is -0.368. The average molecular weight is 336 g/mol. The highest BCUT2D eigenvalue weighted by molar-refractivity contribution is 5.78. The second-order valence-corrected chi connectivity index (χ2v) is 6.61. The fourth-order valence-electron chi connectivity index (χ4n) is 3.53. The molecule has 1 amide bonds.